The van der Waals surface area contributed by atoms with Gasteiger partial charge in [0.05, 0.1) is 11.4 Å². The van der Waals surface area contributed by atoms with Gasteiger partial charge in [0.25, 0.3) is 5.91 Å². The van der Waals surface area contributed by atoms with E-state index >= 15 is 0 Å². The number of furan rings is 1. The van der Waals surface area contributed by atoms with Gasteiger partial charge in [-0.05, 0) is 23.6 Å². The molecule has 2 N–H and O–H groups in total. The molecule has 0 aliphatic carbocycles. The number of para-hydroxylation sites is 1. The molecule has 130 valence electrons. The fourth-order valence-corrected chi connectivity index (χ4v) is 3.73. The minimum Gasteiger partial charge on any atom is -0.454 e. The fraction of sp³-hybridized carbons (Fsp3) is 0.0556. The predicted octanol–water partition coefficient (Wildman–Crippen LogP) is 3.99. The Bertz CT molecular complexity index is 1030. The quantitative estimate of drug-likeness (QED) is 0.546. The average molecular weight is 383 g/mol. The first-order valence-electron chi connectivity index (χ1n) is 7.75. The Labute approximate surface area is 156 Å². The highest BCUT2D eigenvalue weighted by Gasteiger charge is 2.13. The number of amides is 2. The van der Waals surface area contributed by atoms with Crippen molar-refractivity contribution < 1.29 is 14.0 Å². The minimum absolute atomic E-state index is 0.115. The van der Waals surface area contributed by atoms with Gasteiger partial charge in [0, 0.05) is 10.8 Å². The number of carbonyl (C=O) groups is 2. The summed E-state index contributed by atoms with van der Waals surface area (Å²) in [6, 6.07) is 13.1. The predicted molar refractivity (Wildman–Crippen MR) is 103 cm³/mol. The molecule has 6 nitrogen and oxygen atoms in total. The Morgan fingerprint density at radius 1 is 1.12 bits per heavy atom. The van der Waals surface area contributed by atoms with Crippen LogP contribution in [0.3, 0.4) is 0 Å². The van der Waals surface area contributed by atoms with E-state index in [9.17, 15) is 9.59 Å². The first kappa shape index (κ1) is 16.5. The van der Waals surface area contributed by atoms with Gasteiger partial charge in [0.15, 0.2) is 10.9 Å². The summed E-state index contributed by atoms with van der Waals surface area (Å²) in [7, 11) is 0. The maximum Gasteiger partial charge on any atom is 0.261 e. The normalized spacial score (nSPS) is 10.8. The second-order valence-electron chi connectivity index (χ2n) is 5.39. The van der Waals surface area contributed by atoms with Crippen molar-refractivity contribution in [2.75, 3.05) is 11.9 Å². The van der Waals surface area contributed by atoms with Crippen molar-refractivity contribution in [2.24, 2.45) is 0 Å². The molecule has 3 aromatic heterocycles. The molecule has 8 heteroatoms. The molecule has 1 aromatic carbocycles. The van der Waals surface area contributed by atoms with E-state index in [2.05, 4.69) is 15.6 Å². The second-order valence-corrected chi connectivity index (χ2v) is 7.20. The number of nitrogens with one attached hydrogen (secondary N) is 2. The molecule has 0 aliphatic heterocycles. The number of nitrogens with zero attached hydrogens (tertiary/aromatic N) is 1. The number of aromatic nitrogens is 1. The molecule has 0 aliphatic rings. The van der Waals surface area contributed by atoms with Crippen molar-refractivity contribution in [3.63, 3.8) is 0 Å². The van der Waals surface area contributed by atoms with Gasteiger partial charge in [-0.25, -0.2) is 4.98 Å². The van der Waals surface area contributed by atoms with E-state index in [-0.39, 0.29) is 18.4 Å². The topological polar surface area (TPSA) is 84.2 Å². The lowest BCUT2D eigenvalue weighted by Crippen LogP contribution is -2.32. The van der Waals surface area contributed by atoms with Gasteiger partial charge in [0.2, 0.25) is 5.91 Å². The van der Waals surface area contributed by atoms with Crippen molar-refractivity contribution in [1.82, 2.24) is 10.3 Å². The van der Waals surface area contributed by atoms with Crippen LogP contribution in [0.25, 0.3) is 22.4 Å². The zero-order valence-electron chi connectivity index (χ0n) is 13.4. The number of fused-ring (bicyclic) bond motifs is 1. The maximum absolute atomic E-state index is 12.0. The van der Waals surface area contributed by atoms with Gasteiger partial charge in [-0.3, -0.25) is 9.59 Å². The lowest BCUT2D eigenvalue weighted by molar-refractivity contribution is -0.115. The molecule has 0 atom stereocenters. The Hall–Kier alpha value is -2.97. The van der Waals surface area contributed by atoms with Gasteiger partial charge < -0.3 is 15.1 Å². The highest BCUT2D eigenvalue weighted by molar-refractivity contribution is 7.14. The van der Waals surface area contributed by atoms with E-state index < -0.39 is 0 Å². The molecule has 0 radical (unpaired) electrons. The number of thiophene rings is 1. The molecule has 0 unspecified atom stereocenters. The van der Waals surface area contributed by atoms with Crippen molar-refractivity contribution >= 4 is 50.6 Å². The lowest BCUT2D eigenvalue weighted by atomic mass is 10.2. The summed E-state index contributed by atoms with van der Waals surface area (Å²) in [6.07, 6.45) is 0. The third-order valence-electron chi connectivity index (χ3n) is 3.58. The number of thiazole rings is 1. The lowest BCUT2D eigenvalue weighted by Gasteiger charge is -2.03. The number of hydrogen-bond donors (Lipinski definition) is 2. The van der Waals surface area contributed by atoms with Crippen molar-refractivity contribution in [2.45, 2.75) is 0 Å². The molecule has 4 rings (SSSR count). The van der Waals surface area contributed by atoms with E-state index in [1.165, 1.54) is 22.7 Å². The Balaban J connectivity index is 1.38. The van der Waals surface area contributed by atoms with Gasteiger partial charge in [-0.15, -0.1) is 22.7 Å². The summed E-state index contributed by atoms with van der Waals surface area (Å²) in [5, 5.41) is 10.3. The zero-order chi connectivity index (χ0) is 17.9. The van der Waals surface area contributed by atoms with E-state index in [1.807, 2.05) is 41.1 Å². The van der Waals surface area contributed by atoms with Crippen LogP contribution in [0.5, 0.6) is 0 Å². The highest BCUT2D eigenvalue weighted by Crippen LogP contribution is 2.30. The van der Waals surface area contributed by atoms with Crippen LogP contribution in [-0.4, -0.2) is 23.3 Å². The van der Waals surface area contributed by atoms with E-state index in [0.29, 0.717) is 21.5 Å². The van der Waals surface area contributed by atoms with Crippen LogP contribution in [0.2, 0.25) is 0 Å². The summed E-state index contributed by atoms with van der Waals surface area (Å²) in [5.74, 6) is 0.0478. The largest absolute Gasteiger partial charge is 0.454 e. The second kappa shape index (κ2) is 7.11. The Morgan fingerprint density at radius 3 is 2.81 bits per heavy atom. The van der Waals surface area contributed by atoms with Crippen LogP contribution < -0.4 is 10.6 Å². The standard InChI is InChI=1S/C18H13N3O3S2/c22-16(9-19-17(23)15-6-3-7-25-15)21-18-20-12(10-26-18)14-8-11-4-1-2-5-13(11)24-14/h1-8,10H,9H2,(H,19,23)(H,20,21,22). The first-order valence-corrected chi connectivity index (χ1v) is 9.51. The number of hydrogen-bond acceptors (Lipinski definition) is 6. The van der Waals surface area contributed by atoms with Crippen LogP contribution >= 0.6 is 22.7 Å². The number of benzene rings is 1. The van der Waals surface area contributed by atoms with Gasteiger partial charge in [-0.1, -0.05) is 24.3 Å². The first-order chi connectivity index (χ1) is 12.7. The molecule has 2 amide bonds. The van der Waals surface area contributed by atoms with Gasteiger partial charge in [-0.2, -0.15) is 0 Å². The average Bonchev–Trinajstić information content (AvgIpc) is 3.38. The number of anilines is 1. The monoisotopic (exact) mass is 383 g/mol. The molecule has 4 aromatic rings. The summed E-state index contributed by atoms with van der Waals surface area (Å²) in [5.41, 5.74) is 1.45. The third kappa shape index (κ3) is 3.51. The van der Waals surface area contributed by atoms with Crippen LogP contribution in [0.1, 0.15) is 9.67 Å². The number of rotatable bonds is 5. The summed E-state index contributed by atoms with van der Waals surface area (Å²) in [6.45, 7) is -0.115. The van der Waals surface area contributed by atoms with Crippen LogP contribution in [0.4, 0.5) is 5.13 Å². The Morgan fingerprint density at radius 2 is 2.00 bits per heavy atom. The molecule has 3 heterocycles. The summed E-state index contributed by atoms with van der Waals surface area (Å²) in [4.78, 5) is 28.8. The fourth-order valence-electron chi connectivity index (χ4n) is 2.37. The molecule has 26 heavy (non-hydrogen) atoms. The molecular formula is C18H13N3O3S2. The van der Waals surface area contributed by atoms with Gasteiger partial charge >= 0.3 is 0 Å². The van der Waals surface area contributed by atoms with Crippen LogP contribution in [0.15, 0.2) is 57.6 Å². The smallest absolute Gasteiger partial charge is 0.261 e. The van der Waals surface area contributed by atoms with Crippen molar-refractivity contribution in [3.05, 3.63) is 58.1 Å². The van der Waals surface area contributed by atoms with E-state index in [1.54, 1.807) is 12.1 Å². The highest BCUT2D eigenvalue weighted by atomic mass is 32.1. The number of carbonyl (C=O) groups excluding carboxylic acids is 2. The van der Waals surface area contributed by atoms with Crippen LogP contribution in [-0.2, 0) is 4.79 Å². The molecular weight excluding hydrogens is 370 g/mol. The molecule has 0 saturated heterocycles. The molecule has 0 fully saturated rings. The zero-order valence-corrected chi connectivity index (χ0v) is 15.0. The maximum atomic E-state index is 12.0. The molecule has 0 spiro atoms. The SMILES string of the molecule is O=C(CNC(=O)c1cccs1)Nc1nc(-c2cc3ccccc3o2)cs1. The van der Waals surface area contributed by atoms with Crippen LogP contribution in [0, 0.1) is 0 Å². The molecule has 0 saturated carbocycles. The van der Waals surface area contributed by atoms with Crippen molar-refractivity contribution in [3.8, 4) is 11.5 Å². The van der Waals surface area contributed by atoms with E-state index in [4.69, 9.17) is 4.42 Å². The summed E-state index contributed by atoms with van der Waals surface area (Å²) >= 11 is 2.63. The van der Waals surface area contributed by atoms with E-state index in [0.717, 1.165) is 11.0 Å². The third-order valence-corrected chi connectivity index (χ3v) is 5.21. The minimum atomic E-state index is -0.333. The summed E-state index contributed by atoms with van der Waals surface area (Å²) < 4.78 is 5.77. The molecule has 0 bridgehead atoms. The van der Waals surface area contributed by atoms with Gasteiger partial charge in [0.1, 0.15) is 11.3 Å². The Kier molecular flexibility index (Phi) is 4.51. The van der Waals surface area contributed by atoms with Crippen molar-refractivity contribution in [1.29, 1.82) is 0 Å².